The van der Waals surface area contributed by atoms with Gasteiger partial charge in [0.1, 0.15) is 0 Å². The van der Waals surface area contributed by atoms with Gasteiger partial charge in [-0.1, -0.05) is 0 Å². The summed E-state index contributed by atoms with van der Waals surface area (Å²) >= 11 is 0. The van der Waals surface area contributed by atoms with Gasteiger partial charge in [0.2, 0.25) is 5.69 Å². The van der Waals surface area contributed by atoms with Gasteiger partial charge in [-0.2, -0.15) is 0 Å². The number of nitrogens with zero attached hydrogens (tertiary/aromatic N) is 1. The Bertz CT molecular complexity index is 455. The second-order valence-corrected chi connectivity index (χ2v) is 2.60. The molecule has 5 heteroatoms. The maximum Gasteiger partial charge on any atom is 0.427 e. The molecular weight excluding hydrogens is 170 g/mol. The van der Waals surface area contributed by atoms with Crippen LogP contribution in [-0.2, 0) is 0 Å². The summed E-state index contributed by atoms with van der Waals surface area (Å²) in [6, 6.07) is 7.04. The maximum absolute atomic E-state index is 10.7. The molecule has 5 nitrogen and oxygen atoms in total. The predicted octanol–water partition coefficient (Wildman–Crippen LogP) is -0.173. The number of benzene rings is 1. The average molecular weight is 178 g/mol. The smallest absolute Gasteiger partial charge is 0.399 e. The molecule has 66 valence electrons. The zero-order chi connectivity index (χ0) is 9.26. The van der Waals surface area contributed by atoms with Crippen LogP contribution in [0.5, 0.6) is 0 Å². The number of nitrogens with one attached hydrogen (secondary N) is 1. The fraction of sp³-hybridized carbons (Fsp3) is 0. The van der Waals surface area contributed by atoms with Crippen LogP contribution in [0.2, 0.25) is 0 Å². The lowest BCUT2D eigenvalue weighted by atomic mass is 10.3. The number of nitrogen functional groups attached to an aromatic ring is 1. The van der Waals surface area contributed by atoms with Crippen molar-refractivity contribution in [1.29, 1.82) is 0 Å². The first kappa shape index (κ1) is 7.60. The summed E-state index contributed by atoms with van der Waals surface area (Å²) < 4.78 is 5.97. The Morgan fingerprint density at radius 3 is 2.54 bits per heavy atom. The van der Waals surface area contributed by atoms with E-state index >= 15 is 0 Å². The molecule has 0 amide bonds. The summed E-state index contributed by atoms with van der Waals surface area (Å²) in [4.78, 5) is 10.7. The Balaban J connectivity index is 2.47. The molecule has 0 saturated heterocycles. The van der Waals surface area contributed by atoms with E-state index in [-0.39, 0.29) is 0 Å². The third-order valence-corrected chi connectivity index (χ3v) is 1.65. The third-order valence-electron chi connectivity index (χ3n) is 1.65. The lowest BCUT2D eigenvalue weighted by molar-refractivity contribution is -0.670. The van der Waals surface area contributed by atoms with Crippen LogP contribution >= 0.6 is 0 Å². The highest BCUT2D eigenvalue weighted by atomic mass is 16.5. The van der Waals surface area contributed by atoms with Crippen LogP contribution in [0.15, 0.2) is 39.8 Å². The largest absolute Gasteiger partial charge is 0.427 e. The highest BCUT2D eigenvalue weighted by molar-refractivity contribution is 5.41. The summed E-state index contributed by atoms with van der Waals surface area (Å²) in [5.41, 5.74) is 6.55. The predicted molar refractivity (Wildman–Crippen MR) is 45.3 cm³/mol. The molecule has 0 unspecified atom stereocenters. The van der Waals surface area contributed by atoms with Gasteiger partial charge in [0.05, 0.1) is 0 Å². The second kappa shape index (κ2) is 2.78. The van der Waals surface area contributed by atoms with Gasteiger partial charge in [-0.05, 0) is 22.1 Å². The van der Waals surface area contributed by atoms with Gasteiger partial charge in [-0.15, -0.1) is 0 Å². The van der Waals surface area contributed by atoms with Crippen molar-refractivity contribution in [2.24, 2.45) is 0 Å². The SMILES string of the molecule is Nc1ccc(-[n+]2cc(=O)o[nH]2)cc1. The Labute approximate surface area is 73.4 Å². The molecule has 13 heavy (non-hydrogen) atoms. The van der Waals surface area contributed by atoms with Gasteiger partial charge in [0.15, 0.2) is 0 Å². The molecule has 1 heterocycles. The number of anilines is 1. The second-order valence-electron chi connectivity index (χ2n) is 2.60. The van der Waals surface area contributed by atoms with Crippen molar-refractivity contribution in [3.63, 3.8) is 0 Å². The van der Waals surface area contributed by atoms with Crippen LogP contribution in [0.4, 0.5) is 5.69 Å². The summed E-state index contributed by atoms with van der Waals surface area (Å²) in [5, 5.41) is 2.43. The van der Waals surface area contributed by atoms with Gasteiger partial charge in [0, 0.05) is 17.8 Å². The standard InChI is InChI=1S/C8H7N3O2/c9-6-1-3-7(4-2-6)11-5-8(12)13-10-11/h1-5H,(H2-,9,10,12)/p+1. The molecule has 0 fully saturated rings. The van der Waals surface area contributed by atoms with Crippen LogP contribution in [0.25, 0.3) is 5.69 Å². The van der Waals surface area contributed by atoms with E-state index < -0.39 is 5.63 Å². The minimum absolute atomic E-state index is 0.420. The van der Waals surface area contributed by atoms with Gasteiger partial charge in [0.25, 0.3) is 6.20 Å². The molecule has 1 aromatic heterocycles. The van der Waals surface area contributed by atoms with Crippen molar-refractivity contribution in [2.75, 3.05) is 5.73 Å². The number of hydrogen-bond donors (Lipinski definition) is 2. The highest BCUT2D eigenvalue weighted by Crippen LogP contribution is 2.03. The van der Waals surface area contributed by atoms with Crippen molar-refractivity contribution in [2.45, 2.75) is 0 Å². The van der Waals surface area contributed by atoms with Gasteiger partial charge >= 0.3 is 5.63 Å². The first-order valence-electron chi connectivity index (χ1n) is 3.72. The van der Waals surface area contributed by atoms with Crippen LogP contribution in [-0.4, -0.2) is 5.27 Å². The molecule has 1 aromatic carbocycles. The Hall–Kier alpha value is -2.04. The van der Waals surface area contributed by atoms with E-state index in [1.165, 1.54) is 10.9 Å². The van der Waals surface area contributed by atoms with Gasteiger partial charge < -0.3 is 5.73 Å². The van der Waals surface area contributed by atoms with Crippen LogP contribution < -0.4 is 16.0 Å². The highest BCUT2D eigenvalue weighted by Gasteiger charge is 2.08. The summed E-state index contributed by atoms with van der Waals surface area (Å²) in [6.45, 7) is 0. The number of H-pyrrole nitrogens is 1. The Morgan fingerprint density at radius 2 is 2.00 bits per heavy atom. The van der Waals surface area contributed by atoms with Crippen molar-refractivity contribution < 1.29 is 9.20 Å². The first-order valence-corrected chi connectivity index (χ1v) is 3.72. The number of rotatable bonds is 1. The van der Waals surface area contributed by atoms with Crippen LogP contribution in [0.1, 0.15) is 0 Å². The maximum atomic E-state index is 10.7. The normalized spacial score (nSPS) is 10.2. The van der Waals surface area contributed by atoms with Crippen LogP contribution in [0.3, 0.4) is 0 Å². The minimum Gasteiger partial charge on any atom is -0.399 e. The molecule has 0 spiro atoms. The molecule has 0 saturated carbocycles. The molecular formula is C8H8N3O2+. The monoisotopic (exact) mass is 178 g/mol. The van der Waals surface area contributed by atoms with E-state index in [0.717, 1.165) is 5.69 Å². The van der Waals surface area contributed by atoms with E-state index in [2.05, 4.69) is 9.79 Å². The molecule has 0 radical (unpaired) electrons. The molecule has 0 atom stereocenters. The zero-order valence-corrected chi connectivity index (χ0v) is 6.73. The lowest BCUT2D eigenvalue weighted by Crippen LogP contribution is -2.31. The van der Waals surface area contributed by atoms with Crippen molar-refractivity contribution in [1.82, 2.24) is 5.27 Å². The quantitative estimate of drug-likeness (QED) is 0.470. The Kier molecular flexibility index (Phi) is 1.63. The fourth-order valence-electron chi connectivity index (χ4n) is 1.01. The summed E-state index contributed by atoms with van der Waals surface area (Å²) in [5.74, 6) is 0. The van der Waals surface area contributed by atoms with Crippen molar-refractivity contribution in [3.05, 3.63) is 40.9 Å². The number of aromatic nitrogens is 2. The average Bonchev–Trinajstić information content (AvgIpc) is 2.53. The zero-order valence-electron chi connectivity index (χ0n) is 6.73. The Morgan fingerprint density at radius 1 is 1.31 bits per heavy atom. The number of aromatic amines is 1. The molecule has 3 N–H and O–H groups in total. The molecule has 2 rings (SSSR count). The molecule has 0 aliphatic carbocycles. The van der Waals surface area contributed by atoms with Gasteiger partial charge in [-0.25, -0.2) is 4.79 Å². The lowest BCUT2D eigenvalue weighted by Gasteiger charge is -1.90. The molecule has 0 aliphatic rings. The molecule has 2 aromatic rings. The first-order chi connectivity index (χ1) is 6.25. The van der Waals surface area contributed by atoms with Crippen molar-refractivity contribution >= 4 is 5.69 Å². The minimum atomic E-state index is -0.420. The number of nitrogens with two attached hydrogens (primary N) is 1. The summed E-state index contributed by atoms with van der Waals surface area (Å²) in [6.07, 6.45) is 1.31. The van der Waals surface area contributed by atoms with Crippen LogP contribution in [0, 0.1) is 0 Å². The summed E-state index contributed by atoms with van der Waals surface area (Å²) in [7, 11) is 0. The number of hydrogen-bond acceptors (Lipinski definition) is 3. The molecule has 0 bridgehead atoms. The fourth-order valence-corrected chi connectivity index (χ4v) is 1.01. The van der Waals surface area contributed by atoms with E-state index in [1.807, 2.05) is 0 Å². The van der Waals surface area contributed by atoms with Gasteiger partial charge in [-0.3, -0.25) is 4.52 Å². The molecule has 0 aliphatic heterocycles. The van der Waals surface area contributed by atoms with E-state index in [9.17, 15) is 4.79 Å². The van der Waals surface area contributed by atoms with E-state index in [4.69, 9.17) is 5.73 Å². The van der Waals surface area contributed by atoms with E-state index in [0.29, 0.717) is 5.69 Å². The van der Waals surface area contributed by atoms with Crippen molar-refractivity contribution in [3.8, 4) is 5.69 Å². The third kappa shape index (κ3) is 1.44. The topological polar surface area (TPSA) is 75.9 Å². The van der Waals surface area contributed by atoms with E-state index in [1.54, 1.807) is 24.3 Å².